The van der Waals surface area contributed by atoms with E-state index < -0.39 is 17.7 Å². The number of nitrogens with one attached hydrogen (secondary N) is 1. The summed E-state index contributed by atoms with van der Waals surface area (Å²) < 4.78 is 5.13. The molecule has 0 aromatic heterocycles. The highest BCUT2D eigenvalue weighted by atomic mass is 16.6. The summed E-state index contributed by atoms with van der Waals surface area (Å²) in [7, 11) is 0. The molecule has 0 saturated carbocycles. The van der Waals surface area contributed by atoms with Gasteiger partial charge < -0.3 is 15.0 Å². The standard InChI is InChI=1S/C15H20N2O3/c1-10-5-7-11(8-6-10)17-9-12(13(17)18)16-14(19)20-15(2,3)4/h5-8,12H,9H2,1-4H3,(H,16,19)/t12-/m0/s1. The van der Waals surface area contributed by atoms with E-state index in [-0.39, 0.29) is 5.91 Å². The average Bonchev–Trinajstić information content (AvgIpc) is 2.33. The number of hydrogen-bond donors (Lipinski definition) is 1. The summed E-state index contributed by atoms with van der Waals surface area (Å²) in [6.45, 7) is 7.82. The Morgan fingerprint density at radius 1 is 1.30 bits per heavy atom. The van der Waals surface area contributed by atoms with Crippen molar-refractivity contribution in [3.8, 4) is 0 Å². The minimum Gasteiger partial charge on any atom is -0.444 e. The largest absolute Gasteiger partial charge is 0.444 e. The van der Waals surface area contributed by atoms with Gasteiger partial charge >= 0.3 is 6.09 Å². The number of carbonyl (C=O) groups is 2. The van der Waals surface area contributed by atoms with Crippen LogP contribution in [0.5, 0.6) is 0 Å². The molecule has 0 spiro atoms. The molecule has 1 aromatic rings. The maximum atomic E-state index is 12.0. The number of ether oxygens (including phenoxy) is 1. The number of rotatable bonds is 2. The second-order valence-electron chi connectivity index (χ2n) is 5.98. The minimum atomic E-state index is -0.562. The van der Waals surface area contributed by atoms with E-state index in [1.54, 1.807) is 25.7 Å². The van der Waals surface area contributed by atoms with E-state index in [0.717, 1.165) is 11.3 Å². The van der Waals surface area contributed by atoms with E-state index >= 15 is 0 Å². The van der Waals surface area contributed by atoms with Crippen molar-refractivity contribution in [3.63, 3.8) is 0 Å². The van der Waals surface area contributed by atoms with E-state index in [9.17, 15) is 9.59 Å². The van der Waals surface area contributed by atoms with Crippen LogP contribution < -0.4 is 10.2 Å². The van der Waals surface area contributed by atoms with E-state index in [4.69, 9.17) is 4.74 Å². The van der Waals surface area contributed by atoms with E-state index in [1.807, 2.05) is 31.2 Å². The summed E-state index contributed by atoms with van der Waals surface area (Å²) in [6.07, 6.45) is -0.556. The number of benzene rings is 1. The first-order chi connectivity index (χ1) is 9.26. The minimum absolute atomic E-state index is 0.111. The fourth-order valence-corrected chi connectivity index (χ4v) is 1.94. The number of alkyl carbamates (subject to hydrolysis) is 1. The highest BCUT2D eigenvalue weighted by Gasteiger charge is 2.39. The molecule has 108 valence electrons. The lowest BCUT2D eigenvalue weighted by Crippen LogP contribution is -2.64. The quantitative estimate of drug-likeness (QED) is 0.843. The van der Waals surface area contributed by atoms with Crippen LogP contribution in [0.15, 0.2) is 24.3 Å². The van der Waals surface area contributed by atoms with Crippen LogP contribution >= 0.6 is 0 Å². The molecule has 0 radical (unpaired) electrons. The molecule has 2 amide bonds. The predicted molar refractivity (Wildman–Crippen MR) is 76.7 cm³/mol. The first-order valence-electron chi connectivity index (χ1n) is 6.64. The lowest BCUT2D eigenvalue weighted by atomic mass is 10.1. The molecular formula is C15H20N2O3. The number of carbonyl (C=O) groups excluding carboxylic acids is 2. The second kappa shape index (κ2) is 5.15. The molecule has 1 saturated heterocycles. The monoisotopic (exact) mass is 276 g/mol. The van der Waals surface area contributed by atoms with Gasteiger partial charge in [0, 0.05) is 5.69 Å². The van der Waals surface area contributed by atoms with E-state index in [2.05, 4.69) is 5.32 Å². The van der Waals surface area contributed by atoms with E-state index in [1.165, 1.54) is 0 Å². The third-order valence-electron chi connectivity index (χ3n) is 2.97. The van der Waals surface area contributed by atoms with Gasteiger partial charge in [-0.2, -0.15) is 0 Å². The SMILES string of the molecule is Cc1ccc(N2C[C@H](NC(=O)OC(C)(C)C)C2=O)cc1. The lowest BCUT2D eigenvalue weighted by Gasteiger charge is -2.38. The van der Waals surface area contributed by atoms with Crippen LogP contribution in [0.25, 0.3) is 0 Å². The van der Waals surface area contributed by atoms with Gasteiger partial charge in [0.2, 0.25) is 0 Å². The van der Waals surface area contributed by atoms with Gasteiger partial charge in [-0.15, -0.1) is 0 Å². The molecule has 2 rings (SSSR count). The first-order valence-corrected chi connectivity index (χ1v) is 6.64. The maximum absolute atomic E-state index is 12.0. The molecule has 1 aliphatic rings. The Morgan fingerprint density at radius 3 is 2.40 bits per heavy atom. The van der Waals surface area contributed by atoms with Crippen LogP contribution in [0.4, 0.5) is 10.5 Å². The van der Waals surface area contributed by atoms with Crippen molar-refractivity contribution in [2.75, 3.05) is 11.4 Å². The predicted octanol–water partition coefficient (Wildman–Crippen LogP) is 2.23. The van der Waals surface area contributed by atoms with Crippen molar-refractivity contribution in [2.45, 2.75) is 39.3 Å². The molecule has 5 nitrogen and oxygen atoms in total. The molecule has 5 heteroatoms. The molecule has 1 aromatic carbocycles. The number of β-lactam (4-membered cyclic amide) rings is 1. The molecule has 1 aliphatic heterocycles. The van der Waals surface area contributed by atoms with Crippen molar-refractivity contribution in [1.29, 1.82) is 0 Å². The van der Waals surface area contributed by atoms with Crippen molar-refractivity contribution in [2.24, 2.45) is 0 Å². The van der Waals surface area contributed by atoms with Crippen LogP contribution in [0.1, 0.15) is 26.3 Å². The summed E-state index contributed by atoms with van der Waals surface area (Å²) in [5, 5.41) is 2.58. The lowest BCUT2D eigenvalue weighted by molar-refractivity contribution is -0.124. The van der Waals surface area contributed by atoms with Gasteiger partial charge in [-0.25, -0.2) is 4.79 Å². The van der Waals surface area contributed by atoms with Gasteiger partial charge in [0.25, 0.3) is 5.91 Å². The molecule has 0 aliphatic carbocycles. The first kappa shape index (κ1) is 14.4. The van der Waals surface area contributed by atoms with Gasteiger partial charge in [-0.1, -0.05) is 17.7 Å². The van der Waals surface area contributed by atoms with Crippen LogP contribution in [0, 0.1) is 6.92 Å². The number of amides is 2. The number of anilines is 1. The summed E-state index contributed by atoms with van der Waals surface area (Å²) in [6, 6.07) is 7.22. The van der Waals surface area contributed by atoms with Gasteiger partial charge in [-0.3, -0.25) is 4.79 Å². The average molecular weight is 276 g/mol. The smallest absolute Gasteiger partial charge is 0.408 e. The fourth-order valence-electron chi connectivity index (χ4n) is 1.94. The molecule has 1 atom stereocenters. The Balaban J connectivity index is 1.89. The van der Waals surface area contributed by atoms with Crippen LogP contribution in [-0.2, 0) is 9.53 Å². The zero-order valence-corrected chi connectivity index (χ0v) is 12.3. The molecule has 0 bridgehead atoms. The summed E-state index contributed by atoms with van der Waals surface area (Å²) in [5.74, 6) is -0.111. The molecule has 1 heterocycles. The summed E-state index contributed by atoms with van der Waals surface area (Å²) in [4.78, 5) is 25.2. The molecule has 20 heavy (non-hydrogen) atoms. The molecule has 1 N–H and O–H groups in total. The van der Waals surface area contributed by atoms with Gasteiger partial charge in [-0.05, 0) is 39.8 Å². The highest BCUT2D eigenvalue weighted by Crippen LogP contribution is 2.22. The van der Waals surface area contributed by atoms with Gasteiger partial charge in [0.15, 0.2) is 0 Å². The van der Waals surface area contributed by atoms with Crippen molar-refractivity contribution in [1.82, 2.24) is 5.32 Å². The van der Waals surface area contributed by atoms with Gasteiger partial charge in [0.05, 0.1) is 6.54 Å². The van der Waals surface area contributed by atoms with Crippen LogP contribution in [0.2, 0.25) is 0 Å². The molecule has 1 fully saturated rings. The Morgan fingerprint density at radius 2 is 1.90 bits per heavy atom. The van der Waals surface area contributed by atoms with Gasteiger partial charge in [0.1, 0.15) is 11.6 Å². The maximum Gasteiger partial charge on any atom is 0.408 e. The van der Waals surface area contributed by atoms with Crippen molar-refractivity contribution < 1.29 is 14.3 Å². The normalized spacial score (nSPS) is 18.5. The zero-order valence-electron chi connectivity index (χ0n) is 12.3. The van der Waals surface area contributed by atoms with Crippen LogP contribution in [0.3, 0.4) is 0 Å². The van der Waals surface area contributed by atoms with Crippen molar-refractivity contribution >= 4 is 17.7 Å². The topological polar surface area (TPSA) is 58.6 Å². The molecule has 0 unspecified atom stereocenters. The third kappa shape index (κ3) is 3.29. The summed E-state index contributed by atoms with van der Waals surface area (Å²) >= 11 is 0. The Labute approximate surface area is 118 Å². The fraction of sp³-hybridized carbons (Fsp3) is 0.467. The van der Waals surface area contributed by atoms with Crippen LogP contribution in [-0.4, -0.2) is 30.2 Å². The number of nitrogens with zero attached hydrogens (tertiary/aromatic N) is 1. The second-order valence-corrected chi connectivity index (χ2v) is 5.98. The Bertz CT molecular complexity index is 517. The highest BCUT2D eigenvalue weighted by molar-refractivity contribution is 6.05. The summed E-state index contributed by atoms with van der Waals surface area (Å²) in [5.41, 5.74) is 1.43. The van der Waals surface area contributed by atoms with E-state index in [0.29, 0.717) is 6.54 Å². The zero-order chi connectivity index (χ0) is 14.9. The number of hydrogen-bond acceptors (Lipinski definition) is 3. The van der Waals surface area contributed by atoms with Crippen molar-refractivity contribution in [3.05, 3.63) is 29.8 Å². The number of aryl methyl sites for hydroxylation is 1. The molecular weight excluding hydrogens is 256 g/mol. The third-order valence-corrected chi connectivity index (χ3v) is 2.97. The Kier molecular flexibility index (Phi) is 3.70. The Hall–Kier alpha value is -2.04.